The highest BCUT2D eigenvalue weighted by atomic mass is 16.5. The van der Waals surface area contributed by atoms with Crippen molar-refractivity contribution in [3.8, 4) is 0 Å². The molecule has 2 aliphatic rings. The molecule has 8 nitrogen and oxygen atoms in total. The van der Waals surface area contributed by atoms with Gasteiger partial charge in [-0.25, -0.2) is 9.79 Å². The Labute approximate surface area is 222 Å². The minimum Gasteiger partial charge on any atom is -0.465 e. The van der Waals surface area contributed by atoms with E-state index >= 15 is 0 Å². The van der Waals surface area contributed by atoms with Gasteiger partial charge in [-0.2, -0.15) is 4.98 Å². The molecule has 2 aliphatic heterocycles. The lowest BCUT2D eigenvalue weighted by molar-refractivity contribution is -0.146. The Hall–Kier alpha value is -4.04. The van der Waals surface area contributed by atoms with Crippen molar-refractivity contribution in [3.05, 3.63) is 93.9 Å². The summed E-state index contributed by atoms with van der Waals surface area (Å²) in [7, 11) is 0. The molecule has 0 bridgehead atoms. The van der Waals surface area contributed by atoms with Crippen molar-refractivity contribution in [2.45, 2.75) is 19.8 Å². The van der Waals surface area contributed by atoms with E-state index in [4.69, 9.17) is 4.74 Å². The molecule has 3 aromatic rings. The number of piperazine rings is 1. The normalized spacial score (nSPS) is 19.7. The monoisotopic (exact) mass is 511 g/mol. The predicted octanol–water partition coefficient (Wildman–Crippen LogP) is 4.02. The van der Waals surface area contributed by atoms with E-state index in [0.29, 0.717) is 17.3 Å². The molecular formula is C30H33N5O3. The third-order valence-corrected chi connectivity index (χ3v) is 7.16. The first-order valence-corrected chi connectivity index (χ1v) is 13.1. The number of anilines is 1. The van der Waals surface area contributed by atoms with Crippen LogP contribution in [0.4, 0.5) is 11.6 Å². The van der Waals surface area contributed by atoms with Crippen molar-refractivity contribution < 1.29 is 9.53 Å². The molecule has 0 spiro atoms. The van der Waals surface area contributed by atoms with E-state index in [1.54, 1.807) is 6.92 Å². The number of carbonyl (C=O) groups is 1. The summed E-state index contributed by atoms with van der Waals surface area (Å²) in [5, 5.41) is 0. The minimum atomic E-state index is -0.597. The number of esters is 1. The molecule has 1 saturated heterocycles. The van der Waals surface area contributed by atoms with Gasteiger partial charge >= 0.3 is 11.7 Å². The summed E-state index contributed by atoms with van der Waals surface area (Å²) in [6, 6.07) is 20.1. The van der Waals surface area contributed by atoms with E-state index in [9.17, 15) is 9.59 Å². The van der Waals surface area contributed by atoms with Gasteiger partial charge in [0.1, 0.15) is 17.6 Å². The number of benzene rings is 2. The average molecular weight is 512 g/mol. The Morgan fingerprint density at radius 3 is 2.42 bits per heavy atom. The van der Waals surface area contributed by atoms with Crippen LogP contribution in [0, 0.1) is 5.92 Å². The zero-order valence-electron chi connectivity index (χ0n) is 21.8. The van der Waals surface area contributed by atoms with Gasteiger partial charge in [-0.05, 0) is 25.0 Å². The second-order valence-electron chi connectivity index (χ2n) is 9.60. The van der Waals surface area contributed by atoms with Crippen LogP contribution in [0.15, 0.2) is 76.5 Å². The molecule has 2 aromatic carbocycles. The smallest absolute Gasteiger partial charge is 0.348 e. The molecule has 2 unspecified atom stereocenters. The van der Waals surface area contributed by atoms with Crippen LogP contribution >= 0.6 is 0 Å². The highest BCUT2D eigenvalue weighted by Gasteiger charge is 2.42. The Bertz CT molecular complexity index is 1380. The van der Waals surface area contributed by atoms with Crippen molar-refractivity contribution in [2.24, 2.45) is 10.9 Å². The summed E-state index contributed by atoms with van der Waals surface area (Å²) in [6.45, 7) is 7.87. The zero-order chi connectivity index (χ0) is 26.5. The van der Waals surface area contributed by atoms with Gasteiger partial charge in [0.15, 0.2) is 0 Å². The molecule has 3 heterocycles. The molecule has 2 atom stereocenters. The first kappa shape index (κ1) is 25.6. The van der Waals surface area contributed by atoms with Crippen molar-refractivity contribution >= 4 is 29.4 Å². The first-order valence-electron chi connectivity index (χ1n) is 13.1. The molecular weight excluding hydrogens is 478 g/mol. The van der Waals surface area contributed by atoms with Gasteiger partial charge in [-0.3, -0.25) is 14.7 Å². The number of nitrogens with zero attached hydrogens (tertiary/aromatic N) is 4. The quantitative estimate of drug-likeness (QED) is 0.482. The molecule has 0 saturated carbocycles. The molecule has 196 valence electrons. The second kappa shape index (κ2) is 11.6. The van der Waals surface area contributed by atoms with Crippen LogP contribution in [0.1, 0.15) is 36.5 Å². The lowest BCUT2D eigenvalue weighted by atomic mass is 9.76. The van der Waals surface area contributed by atoms with E-state index in [1.807, 2.05) is 55.5 Å². The lowest BCUT2D eigenvalue weighted by Gasteiger charge is -2.38. The van der Waals surface area contributed by atoms with Gasteiger partial charge in [-0.1, -0.05) is 72.8 Å². The second-order valence-corrected chi connectivity index (χ2v) is 9.60. The van der Waals surface area contributed by atoms with Gasteiger partial charge in [0.25, 0.3) is 0 Å². The highest BCUT2D eigenvalue weighted by molar-refractivity contribution is 6.05. The molecule has 1 N–H and O–H groups in total. The van der Waals surface area contributed by atoms with E-state index in [2.05, 4.69) is 49.0 Å². The number of nitrogens with one attached hydrogen (secondary N) is 1. The van der Waals surface area contributed by atoms with E-state index in [-0.39, 0.29) is 18.5 Å². The van der Waals surface area contributed by atoms with Gasteiger partial charge in [0.2, 0.25) is 0 Å². The maximum Gasteiger partial charge on any atom is 0.348 e. The topological polar surface area (TPSA) is 90.9 Å². The summed E-state index contributed by atoms with van der Waals surface area (Å²) in [5.41, 5.74) is 3.10. The summed E-state index contributed by atoms with van der Waals surface area (Å²) >= 11 is 0. The number of aromatic amines is 1. The Morgan fingerprint density at radius 2 is 1.74 bits per heavy atom. The molecule has 1 fully saturated rings. The van der Waals surface area contributed by atoms with Crippen molar-refractivity contribution in [2.75, 3.05) is 44.2 Å². The molecule has 1 aromatic heterocycles. The minimum absolute atomic E-state index is 0.286. The van der Waals surface area contributed by atoms with Crippen LogP contribution in [0.3, 0.4) is 0 Å². The highest BCUT2D eigenvalue weighted by Crippen LogP contribution is 2.45. The first-order chi connectivity index (χ1) is 18.5. The Morgan fingerprint density at radius 1 is 1.05 bits per heavy atom. The average Bonchev–Trinajstić information content (AvgIpc) is 2.93. The Balaban J connectivity index is 1.44. The van der Waals surface area contributed by atoms with Crippen molar-refractivity contribution in [3.63, 3.8) is 0 Å². The van der Waals surface area contributed by atoms with Gasteiger partial charge in [-0.15, -0.1) is 0 Å². The third-order valence-electron chi connectivity index (χ3n) is 7.16. The van der Waals surface area contributed by atoms with Crippen LogP contribution in [0.2, 0.25) is 0 Å². The van der Waals surface area contributed by atoms with Crippen LogP contribution in [0.25, 0.3) is 6.08 Å². The van der Waals surface area contributed by atoms with E-state index in [1.165, 1.54) is 5.56 Å². The maximum absolute atomic E-state index is 13.2. The number of rotatable bonds is 7. The number of fused-ring (bicyclic) bond motifs is 1. The molecule has 0 radical (unpaired) electrons. The van der Waals surface area contributed by atoms with Crippen LogP contribution in [-0.2, 0) is 9.53 Å². The fourth-order valence-electron chi connectivity index (χ4n) is 5.33. The zero-order valence-corrected chi connectivity index (χ0v) is 21.8. The summed E-state index contributed by atoms with van der Waals surface area (Å²) in [5.74, 6) is -0.210. The van der Waals surface area contributed by atoms with Crippen LogP contribution in [-0.4, -0.2) is 65.9 Å². The summed E-state index contributed by atoms with van der Waals surface area (Å²) in [6.07, 6.45) is 4.33. The number of carbonyl (C=O) groups excluding carboxylic acids is 1. The molecule has 0 amide bonds. The van der Waals surface area contributed by atoms with Gasteiger partial charge < -0.3 is 9.64 Å². The number of hydrogen-bond acceptors (Lipinski definition) is 7. The summed E-state index contributed by atoms with van der Waals surface area (Å²) < 4.78 is 5.47. The van der Waals surface area contributed by atoms with Crippen LogP contribution in [0.5, 0.6) is 0 Å². The fourth-order valence-corrected chi connectivity index (χ4v) is 5.33. The molecule has 5 rings (SSSR count). The van der Waals surface area contributed by atoms with E-state index in [0.717, 1.165) is 43.9 Å². The molecule has 0 aliphatic carbocycles. The van der Waals surface area contributed by atoms with Gasteiger partial charge in [0, 0.05) is 49.9 Å². The number of aromatic nitrogens is 2. The number of ether oxygens (including phenoxy) is 1. The van der Waals surface area contributed by atoms with Gasteiger partial charge in [0.05, 0.1) is 6.61 Å². The Kier molecular flexibility index (Phi) is 7.79. The molecule has 8 heteroatoms. The maximum atomic E-state index is 13.2. The lowest BCUT2D eigenvalue weighted by Crippen LogP contribution is -2.48. The predicted molar refractivity (Wildman–Crippen MR) is 150 cm³/mol. The van der Waals surface area contributed by atoms with E-state index < -0.39 is 11.6 Å². The molecule has 38 heavy (non-hydrogen) atoms. The fraction of sp³-hybridized carbons (Fsp3) is 0.333. The van der Waals surface area contributed by atoms with Crippen molar-refractivity contribution in [1.82, 2.24) is 14.9 Å². The largest absolute Gasteiger partial charge is 0.465 e. The number of H-pyrrole nitrogens is 1. The van der Waals surface area contributed by atoms with Crippen LogP contribution < -0.4 is 10.6 Å². The standard InChI is InChI=1S/C30H33N5O3/c1-3-38-29(36)24-21(2)31-27-26(25(24)23-14-8-5-9-15-23)28(33-30(37)32-27)35-19-17-34(18-20-35)16-10-13-22-11-6-4-7-12-22/h4-15,24-25H,3,16-20H2,1-2H3,(H,32,33,37). The number of hydrogen-bond donors (Lipinski definition) is 1. The number of aliphatic imine (C=N–C) groups is 1. The third kappa shape index (κ3) is 5.45. The van der Waals surface area contributed by atoms with Crippen molar-refractivity contribution in [1.29, 1.82) is 0 Å². The summed E-state index contributed by atoms with van der Waals surface area (Å²) in [4.78, 5) is 42.3. The SMILES string of the molecule is CCOC(=O)C1C(C)=Nc2[nH]c(=O)nc(N3CCN(CC=Cc4ccccc4)CC3)c2C1c1ccccc1.